The van der Waals surface area contributed by atoms with Crippen molar-refractivity contribution in [3.05, 3.63) is 42.1 Å². The molecule has 2 N–H and O–H groups in total. The zero-order chi connectivity index (χ0) is 11.4. The number of nitrogens with one attached hydrogen (secondary N) is 1. The van der Waals surface area contributed by atoms with Gasteiger partial charge in [-0.15, -0.1) is 0 Å². The number of H-pyrrole nitrogens is 1. The van der Waals surface area contributed by atoms with E-state index >= 15 is 0 Å². The Morgan fingerprint density at radius 1 is 1.31 bits per heavy atom. The molecule has 0 amide bonds. The van der Waals surface area contributed by atoms with Crippen LogP contribution in [0.4, 0.5) is 0 Å². The summed E-state index contributed by atoms with van der Waals surface area (Å²) in [6.45, 7) is 0. The smallest absolute Gasteiger partial charge is 0.303 e. The second kappa shape index (κ2) is 4.61. The molecule has 0 saturated heterocycles. The number of nitrogens with zero attached hydrogens (tertiary/aromatic N) is 1. The number of hydrogen-bond acceptors (Lipinski definition) is 2. The number of rotatable bonds is 4. The first-order valence-electron chi connectivity index (χ1n) is 5.07. The molecule has 4 heteroatoms. The fourth-order valence-corrected chi connectivity index (χ4v) is 1.60. The van der Waals surface area contributed by atoms with Crippen LogP contribution in [-0.2, 0) is 11.2 Å². The van der Waals surface area contributed by atoms with E-state index in [0.29, 0.717) is 6.42 Å². The minimum absolute atomic E-state index is 0.124. The van der Waals surface area contributed by atoms with Gasteiger partial charge in [0.05, 0.1) is 11.9 Å². The van der Waals surface area contributed by atoms with Crippen molar-refractivity contribution in [1.29, 1.82) is 0 Å². The molecule has 0 aliphatic rings. The van der Waals surface area contributed by atoms with Crippen molar-refractivity contribution >= 4 is 5.97 Å². The van der Waals surface area contributed by atoms with Gasteiger partial charge in [-0.2, -0.15) is 5.10 Å². The van der Waals surface area contributed by atoms with Crippen LogP contribution < -0.4 is 0 Å². The monoisotopic (exact) mass is 216 g/mol. The lowest BCUT2D eigenvalue weighted by Crippen LogP contribution is -1.97. The quantitative estimate of drug-likeness (QED) is 0.822. The third-order valence-electron chi connectivity index (χ3n) is 2.39. The van der Waals surface area contributed by atoms with Crippen LogP contribution in [-0.4, -0.2) is 21.3 Å². The summed E-state index contributed by atoms with van der Waals surface area (Å²) < 4.78 is 0. The molecule has 82 valence electrons. The number of aryl methyl sites for hydroxylation is 1. The van der Waals surface area contributed by atoms with Crippen molar-refractivity contribution < 1.29 is 9.90 Å². The average Bonchev–Trinajstić information content (AvgIpc) is 2.75. The molecule has 16 heavy (non-hydrogen) atoms. The Labute approximate surface area is 92.9 Å². The predicted molar refractivity (Wildman–Crippen MR) is 60.0 cm³/mol. The standard InChI is InChI=1S/C12H12N2O2/c15-11(16)7-6-10-8-13-14-12(10)9-4-2-1-3-5-9/h1-5,8H,6-7H2,(H,13,14)(H,15,16). The largest absolute Gasteiger partial charge is 0.481 e. The second-order valence-electron chi connectivity index (χ2n) is 3.53. The Balaban J connectivity index is 2.23. The van der Waals surface area contributed by atoms with Gasteiger partial charge in [0.1, 0.15) is 0 Å². The highest BCUT2D eigenvalue weighted by atomic mass is 16.4. The van der Waals surface area contributed by atoms with Crippen LogP contribution in [0.15, 0.2) is 36.5 Å². The van der Waals surface area contributed by atoms with Crippen LogP contribution in [0.3, 0.4) is 0 Å². The number of carbonyl (C=O) groups is 1. The molecule has 0 radical (unpaired) electrons. The van der Waals surface area contributed by atoms with E-state index in [9.17, 15) is 4.79 Å². The Kier molecular flexibility index (Phi) is 3.00. The molecule has 2 aromatic rings. The molecular weight excluding hydrogens is 204 g/mol. The fraction of sp³-hybridized carbons (Fsp3) is 0.167. The van der Waals surface area contributed by atoms with E-state index in [1.54, 1.807) is 6.20 Å². The maximum absolute atomic E-state index is 10.5. The molecule has 1 heterocycles. The van der Waals surface area contributed by atoms with Crippen LogP contribution in [0.25, 0.3) is 11.3 Å². The Morgan fingerprint density at radius 3 is 2.75 bits per heavy atom. The molecule has 0 bridgehead atoms. The number of hydrogen-bond donors (Lipinski definition) is 2. The van der Waals surface area contributed by atoms with Crippen molar-refractivity contribution in [1.82, 2.24) is 10.2 Å². The van der Waals surface area contributed by atoms with Crippen LogP contribution in [0.2, 0.25) is 0 Å². The van der Waals surface area contributed by atoms with E-state index in [0.717, 1.165) is 16.8 Å². The third-order valence-corrected chi connectivity index (χ3v) is 2.39. The molecule has 0 aliphatic carbocycles. The Morgan fingerprint density at radius 2 is 2.06 bits per heavy atom. The summed E-state index contributed by atoms with van der Waals surface area (Å²) in [4.78, 5) is 10.5. The number of carboxylic acids is 1. The van der Waals surface area contributed by atoms with E-state index in [2.05, 4.69) is 10.2 Å². The Bertz CT molecular complexity index is 477. The maximum Gasteiger partial charge on any atom is 0.303 e. The molecule has 0 spiro atoms. The van der Waals surface area contributed by atoms with Crippen molar-refractivity contribution in [2.24, 2.45) is 0 Å². The molecular formula is C12H12N2O2. The summed E-state index contributed by atoms with van der Waals surface area (Å²) in [5.74, 6) is -0.791. The molecule has 1 aromatic heterocycles. The summed E-state index contributed by atoms with van der Waals surface area (Å²) >= 11 is 0. The SMILES string of the molecule is O=C(O)CCc1cn[nH]c1-c1ccccc1. The van der Waals surface area contributed by atoms with Gasteiger partial charge < -0.3 is 5.11 Å². The third kappa shape index (κ3) is 2.28. The first-order valence-corrected chi connectivity index (χ1v) is 5.07. The van der Waals surface area contributed by atoms with Gasteiger partial charge in [0.2, 0.25) is 0 Å². The van der Waals surface area contributed by atoms with Crippen molar-refractivity contribution in [3.63, 3.8) is 0 Å². The normalized spacial score (nSPS) is 10.2. The first-order chi connectivity index (χ1) is 7.77. The number of benzene rings is 1. The first kappa shape index (κ1) is 10.4. The van der Waals surface area contributed by atoms with Gasteiger partial charge in [-0.1, -0.05) is 30.3 Å². The highest BCUT2D eigenvalue weighted by molar-refractivity contribution is 5.68. The highest BCUT2D eigenvalue weighted by Gasteiger charge is 2.08. The van der Waals surface area contributed by atoms with Gasteiger partial charge in [0.25, 0.3) is 0 Å². The lowest BCUT2D eigenvalue weighted by atomic mass is 10.1. The summed E-state index contributed by atoms with van der Waals surface area (Å²) in [5.41, 5.74) is 2.87. The molecule has 1 aromatic carbocycles. The molecule has 0 atom stereocenters. The van der Waals surface area contributed by atoms with Gasteiger partial charge in [-0.25, -0.2) is 0 Å². The van der Waals surface area contributed by atoms with Crippen LogP contribution >= 0.6 is 0 Å². The van der Waals surface area contributed by atoms with Crippen LogP contribution in [0.5, 0.6) is 0 Å². The zero-order valence-electron chi connectivity index (χ0n) is 8.68. The van der Waals surface area contributed by atoms with Gasteiger partial charge in [-0.05, 0) is 17.5 Å². The minimum atomic E-state index is -0.791. The van der Waals surface area contributed by atoms with Gasteiger partial charge in [-0.3, -0.25) is 9.89 Å². The van der Waals surface area contributed by atoms with E-state index in [-0.39, 0.29) is 6.42 Å². The van der Waals surface area contributed by atoms with Crippen LogP contribution in [0.1, 0.15) is 12.0 Å². The highest BCUT2D eigenvalue weighted by Crippen LogP contribution is 2.21. The van der Waals surface area contributed by atoms with E-state index < -0.39 is 5.97 Å². The average molecular weight is 216 g/mol. The molecule has 2 rings (SSSR count). The molecule has 4 nitrogen and oxygen atoms in total. The van der Waals surface area contributed by atoms with Gasteiger partial charge in [0.15, 0.2) is 0 Å². The summed E-state index contributed by atoms with van der Waals surface area (Å²) in [6, 6.07) is 9.76. The molecule has 0 fully saturated rings. The van der Waals surface area contributed by atoms with Crippen molar-refractivity contribution in [2.75, 3.05) is 0 Å². The number of aliphatic carboxylic acids is 1. The lowest BCUT2D eigenvalue weighted by Gasteiger charge is -2.01. The summed E-state index contributed by atoms with van der Waals surface area (Å²) in [6.07, 6.45) is 2.31. The topological polar surface area (TPSA) is 66.0 Å². The Hall–Kier alpha value is -2.10. The maximum atomic E-state index is 10.5. The van der Waals surface area contributed by atoms with Crippen molar-refractivity contribution in [2.45, 2.75) is 12.8 Å². The summed E-state index contributed by atoms with van der Waals surface area (Å²) in [5, 5.41) is 15.5. The summed E-state index contributed by atoms with van der Waals surface area (Å²) in [7, 11) is 0. The number of carboxylic acid groups (broad SMARTS) is 1. The number of aromatic nitrogens is 2. The predicted octanol–water partition coefficient (Wildman–Crippen LogP) is 2.09. The zero-order valence-corrected chi connectivity index (χ0v) is 8.68. The minimum Gasteiger partial charge on any atom is -0.481 e. The lowest BCUT2D eigenvalue weighted by molar-refractivity contribution is -0.136. The molecule has 0 unspecified atom stereocenters. The van der Waals surface area contributed by atoms with E-state index in [1.807, 2.05) is 30.3 Å². The van der Waals surface area contributed by atoms with Crippen LogP contribution in [0, 0.1) is 0 Å². The van der Waals surface area contributed by atoms with Gasteiger partial charge >= 0.3 is 5.97 Å². The van der Waals surface area contributed by atoms with Gasteiger partial charge in [0, 0.05) is 6.42 Å². The van der Waals surface area contributed by atoms with E-state index in [1.165, 1.54) is 0 Å². The number of aromatic amines is 1. The molecule has 0 aliphatic heterocycles. The van der Waals surface area contributed by atoms with Crippen molar-refractivity contribution in [3.8, 4) is 11.3 Å². The second-order valence-corrected chi connectivity index (χ2v) is 3.53. The van der Waals surface area contributed by atoms with E-state index in [4.69, 9.17) is 5.11 Å². The fourth-order valence-electron chi connectivity index (χ4n) is 1.60. The molecule has 0 saturated carbocycles.